The third kappa shape index (κ3) is 3.59. The van der Waals surface area contributed by atoms with E-state index in [2.05, 4.69) is 4.90 Å². The Morgan fingerprint density at radius 1 is 1.00 bits per heavy atom. The third-order valence-corrected chi connectivity index (χ3v) is 5.11. The van der Waals surface area contributed by atoms with E-state index in [1.807, 2.05) is 53.5 Å². The summed E-state index contributed by atoms with van der Waals surface area (Å²) in [5.74, 6) is 0.0251. The highest BCUT2D eigenvalue weighted by molar-refractivity contribution is 6.30. The minimum absolute atomic E-state index is 0.0251. The van der Waals surface area contributed by atoms with E-state index in [1.54, 1.807) is 0 Å². The largest absolute Gasteiger partial charge is 0.368 e. The summed E-state index contributed by atoms with van der Waals surface area (Å²) in [6.45, 7) is 3.29. The molecule has 0 spiro atoms. The maximum absolute atomic E-state index is 12.8. The van der Waals surface area contributed by atoms with E-state index in [1.165, 1.54) is 0 Å². The van der Waals surface area contributed by atoms with Gasteiger partial charge in [-0.2, -0.15) is 0 Å². The number of hydrogen-bond acceptors (Lipinski definition) is 4. The molecule has 1 aliphatic carbocycles. The lowest BCUT2D eigenvalue weighted by atomic mass is 10.1. The van der Waals surface area contributed by atoms with E-state index in [0.29, 0.717) is 19.7 Å². The second-order valence-corrected chi connectivity index (χ2v) is 6.88. The molecule has 3 aliphatic rings. The molecule has 4 rings (SSSR count). The first-order valence-electron chi connectivity index (χ1n) is 8.62. The molecule has 1 aromatic rings. The van der Waals surface area contributed by atoms with Crippen LogP contribution in [0.25, 0.3) is 0 Å². The zero-order valence-electron chi connectivity index (χ0n) is 13.9. The van der Waals surface area contributed by atoms with Crippen molar-refractivity contribution in [1.82, 2.24) is 4.90 Å². The Morgan fingerprint density at radius 2 is 1.68 bits per heavy atom. The number of halogens is 1. The predicted molar refractivity (Wildman–Crippen MR) is 96.9 cm³/mol. The van der Waals surface area contributed by atoms with Crippen LogP contribution in [0.5, 0.6) is 0 Å². The zero-order valence-corrected chi connectivity index (χ0v) is 14.6. The predicted octanol–water partition coefficient (Wildman–Crippen LogP) is 2.27. The molecule has 0 N–H and O–H groups in total. The molecule has 0 saturated carbocycles. The number of benzene rings is 1. The van der Waals surface area contributed by atoms with Crippen LogP contribution in [0.15, 0.2) is 48.6 Å². The number of amides is 1. The van der Waals surface area contributed by atoms with Gasteiger partial charge in [0.2, 0.25) is 0 Å². The van der Waals surface area contributed by atoms with E-state index < -0.39 is 6.10 Å². The molecule has 6 heteroatoms. The number of carbonyl (C=O) groups is 1. The average Bonchev–Trinajstić information content (AvgIpc) is 2.68. The van der Waals surface area contributed by atoms with Crippen molar-refractivity contribution in [2.45, 2.75) is 18.3 Å². The summed E-state index contributed by atoms with van der Waals surface area (Å²) in [7, 11) is 0. The lowest BCUT2D eigenvalue weighted by molar-refractivity contribution is -0.176. The van der Waals surface area contributed by atoms with Gasteiger partial charge in [0.05, 0.1) is 6.61 Å². The van der Waals surface area contributed by atoms with E-state index in [-0.39, 0.29) is 18.1 Å². The highest BCUT2D eigenvalue weighted by Crippen LogP contribution is 2.23. The number of anilines is 1. The van der Waals surface area contributed by atoms with Gasteiger partial charge in [-0.1, -0.05) is 35.9 Å². The number of rotatable bonds is 2. The Hall–Kier alpha value is -1.82. The highest BCUT2D eigenvalue weighted by atomic mass is 35.5. The molecule has 0 radical (unpaired) electrons. The number of fused-ring (bicyclic) bond motifs is 1. The lowest BCUT2D eigenvalue weighted by Crippen LogP contribution is -2.55. The second-order valence-electron chi connectivity index (χ2n) is 6.45. The van der Waals surface area contributed by atoms with Crippen molar-refractivity contribution in [3.8, 4) is 0 Å². The second kappa shape index (κ2) is 7.20. The van der Waals surface area contributed by atoms with Gasteiger partial charge in [-0.05, 0) is 24.3 Å². The van der Waals surface area contributed by atoms with Gasteiger partial charge >= 0.3 is 0 Å². The van der Waals surface area contributed by atoms with Crippen molar-refractivity contribution in [3.05, 3.63) is 53.6 Å². The Kier molecular flexibility index (Phi) is 4.79. The number of carbonyl (C=O) groups excluding carboxylic acids is 1. The minimum Gasteiger partial charge on any atom is -0.368 e. The van der Waals surface area contributed by atoms with Crippen LogP contribution in [-0.2, 0) is 14.3 Å². The Morgan fingerprint density at radius 3 is 2.40 bits per heavy atom. The van der Waals surface area contributed by atoms with Crippen molar-refractivity contribution in [2.24, 2.45) is 0 Å². The van der Waals surface area contributed by atoms with Crippen LogP contribution in [0.3, 0.4) is 0 Å². The van der Waals surface area contributed by atoms with Gasteiger partial charge in [-0.3, -0.25) is 4.79 Å². The highest BCUT2D eigenvalue weighted by Gasteiger charge is 2.36. The molecule has 0 bridgehead atoms. The van der Waals surface area contributed by atoms with Crippen LogP contribution < -0.4 is 4.90 Å². The Labute approximate surface area is 152 Å². The minimum atomic E-state index is -0.514. The number of piperazine rings is 1. The van der Waals surface area contributed by atoms with Crippen LogP contribution in [0.1, 0.15) is 0 Å². The fraction of sp³-hybridized carbons (Fsp3) is 0.421. The number of allylic oxidation sites excluding steroid dienone is 2. The summed E-state index contributed by atoms with van der Waals surface area (Å²) < 4.78 is 11.7. The summed E-state index contributed by atoms with van der Waals surface area (Å²) in [4.78, 5) is 16.9. The van der Waals surface area contributed by atoms with Gasteiger partial charge < -0.3 is 19.3 Å². The van der Waals surface area contributed by atoms with Crippen molar-refractivity contribution in [2.75, 3.05) is 37.7 Å². The van der Waals surface area contributed by atoms with Gasteiger partial charge in [-0.25, -0.2) is 0 Å². The van der Waals surface area contributed by atoms with Gasteiger partial charge in [0.25, 0.3) is 5.91 Å². The summed E-state index contributed by atoms with van der Waals surface area (Å²) in [6.07, 6.45) is 7.04. The summed E-state index contributed by atoms with van der Waals surface area (Å²) in [5.41, 5.74) is 1.13. The maximum atomic E-state index is 12.8. The molecule has 25 heavy (non-hydrogen) atoms. The van der Waals surface area contributed by atoms with Gasteiger partial charge in [0.1, 0.15) is 12.2 Å². The van der Waals surface area contributed by atoms with E-state index in [4.69, 9.17) is 21.1 Å². The monoisotopic (exact) mass is 360 g/mol. The SMILES string of the molecule is O=C(C1COC2C=CC=CC2O1)N1CCN(c2ccc(Cl)cc2)CC1. The fourth-order valence-corrected chi connectivity index (χ4v) is 3.56. The van der Waals surface area contributed by atoms with E-state index >= 15 is 0 Å². The Balaban J connectivity index is 1.33. The van der Waals surface area contributed by atoms with Crippen LogP contribution in [0, 0.1) is 0 Å². The first-order valence-corrected chi connectivity index (χ1v) is 9.00. The maximum Gasteiger partial charge on any atom is 0.254 e. The summed E-state index contributed by atoms with van der Waals surface area (Å²) in [6, 6.07) is 7.82. The van der Waals surface area contributed by atoms with Gasteiger partial charge in [-0.15, -0.1) is 0 Å². The first-order chi connectivity index (χ1) is 12.2. The number of ether oxygens (including phenoxy) is 2. The van der Waals surface area contributed by atoms with Crippen molar-refractivity contribution in [1.29, 1.82) is 0 Å². The van der Waals surface area contributed by atoms with Crippen LogP contribution in [0.4, 0.5) is 5.69 Å². The molecule has 132 valence electrons. The fourth-order valence-electron chi connectivity index (χ4n) is 3.44. The molecule has 1 amide bonds. The third-order valence-electron chi connectivity index (χ3n) is 4.86. The lowest BCUT2D eigenvalue weighted by Gasteiger charge is -2.40. The standard InChI is InChI=1S/C19H21ClN2O3/c20-14-5-7-15(8-6-14)21-9-11-22(12-10-21)19(23)18-13-24-16-3-1-2-4-17(16)25-18/h1-8,16-18H,9-13H2. The Bertz CT molecular complexity index is 680. The molecule has 2 saturated heterocycles. The van der Waals surface area contributed by atoms with E-state index in [0.717, 1.165) is 23.8 Å². The van der Waals surface area contributed by atoms with Crippen LogP contribution >= 0.6 is 11.6 Å². The normalized spacial score (nSPS) is 28.8. The number of hydrogen-bond donors (Lipinski definition) is 0. The summed E-state index contributed by atoms with van der Waals surface area (Å²) >= 11 is 5.94. The molecular weight excluding hydrogens is 340 g/mol. The molecule has 2 heterocycles. The molecular formula is C19H21ClN2O3. The van der Waals surface area contributed by atoms with Crippen molar-refractivity contribution in [3.63, 3.8) is 0 Å². The quantitative estimate of drug-likeness (QED) is 0.811. The molecule has 3 atom stereocenters. The molecule has 1 aromatic carbocycles. The number of nitrogens with zero attached hydrogens (tertiary/aromatic N) is 2. The molecule has 2 fully saturated rings. The first kappa shape index (κ1) is 16.6. The van der Waals surface area contributed by atoms with Crippen molar-refractivity contribution < 1.29 is 14.3 Å². The molecule has 3 unspecified atom stereocenters. The van der Waals surface area contributed by atoms with Gasteiger partial charge in [0, 0.05) is 36.9 Å². The van der Waals surface area contributed by atoms with Gasteiger partial charge in [0.15, 0.2) is 6.10 Å². The van der Waals surface area contributed by atoms with E-state index in [9.17, 15) is 4.79 Å². The molecule has 2 aliphatic heterocycles. The smallest absolute Gasteiger partial charge is 0.254 e. The van der Waals surface area contributed by atoms with Crippen molar-refractivity contribution >= 4 is 23.2 Å². The molecule has 5 nitrogen and oxygen atoms in total. The average molecular weight is 361 g/mol. The molecule has 0 aromatic heterocycles. The topological polar surface area (TPSA) is 42.0 Å². The summed E-state index contributed by atoms with van der Waals surface area (Å²) in [5, 5.41) is 0.733. The van der Waals surface area contributed by atoms with Crippen LogP contribution in [-0.4, -0.2) is 61.9 Å². The zero-order chi connectivity index (χ0) is 17.2. The van der Waals surface area contributed by atoms with Crippen LogP contribution in [0.2, 0.25) is 5.02 Å².